The van der Waals surface area contributed by atoms with Crippen molar-refractivity contribution in [2.45, 2.75) is 51.2 Å². The van der Waals surface area contributed by atoms with Crippen LogP contribution in [0.1, 0.15) is 38.3 Å². The molecule has 2 aliphatic heterocycles. The second kappa shape index (κ2) is 14.9. The van der Waals surface area contributed by atoms with Crippen LogP contribution < -0.4 is 20.2 Å². The first kappa shape index (κ1) is 34.1. The van der Waals surface area contributed by atoms with Gasteiger partial charge in [-0.05, 0) is 74.0 Å². The van der Waals surface area contributed by atoms with E-state index >= 15 is 0 Å². The smallest absolute Gasteiger partial charge is 0.350 e. The van der Waals surface area contributed by atoms with Gasteiger partial charge in [0.15, 0.2) is 0 Å². The van der Waals surface area contributed by atoms with E-state index in [1.165, 1.54) is 6.33 Å². The molecule has 3 unspecified atom stereocenters. The van der Waals surface area contributed by atoms with E-state index in [9.17, 15) is 4.79 Å². The number of hydrogen-bond donors (Lipinski definition) is 0. The van der Waals surface area contributed by atoms with Crippen molar-refractivity contribution in [2.75, 3.05) is 49.2 Å². The molecule has 5 aromatic rings. The number of piperazine rings is 1. The van der Waals surface area contributed by atoms with Gasteiger partial charge in [0.05, 0.1) is 29.5 Å². The highest BCUT2D eigenvalue weighted by molar-refractivity contribution is 6.35. The van der Waals surface area contributed by atoms with E-state index in [0.29, 0.717) is 35.2 Å². The first-order valence-electron chi connectivity index (χ1n) is 16.9. The minimum absolute atomic E-state index is 0.0645. The number of ether oxygens (including phenoxy) is 3. The molecule has 0 N–H and O–H groups in total. The van der Waals surface area contributed by atoms with Crippen LogP contribution in [0.5, 0.6) is 5.75 Å². The molecule has 12 nitrogen and oxygen atoms in total. The Morgan fingerprint density at radius 2 is 1.60 bits per heavy atom. The van der Waals surface area contributed by atoms with Gasteiger partial charge in [-0.25, -0.2) is 23.7 Å². The minimum atomic E-state index is -1.17. The summed E-state index contributed by atoms with van der Waals surface area (Å²) in [7, 11) is 0. The van der Waals surface area contributed by atoms with E-state index in [-0.39, 0.29) is 24.4 Å². The van der Waals surface area contributed by atoms with E-state index in [1.54, 1.807) is 38.7 Å². The molecule has 0 spiro atoms. The molecule has 0 radical (unpaired) electrons. The fraction of sp³-hybridized carbons (Fsp3) is 0.389. The number of rotatable bonds is 11. The molecule has 3 atom stereocenters. The third-order valence-electron chi connectivity index (χ3n) is 9.42. The van der Waals surface area contributed by atoms with Gasteiger partial charge in [-0.1, -0.05) is 36.2 Å². The Morgan fingerprint density at radius 3 is 2.24 bits per heavy atom. The van der Waals surface area contributed by atoms with Crippen molar-refractivity contribution < 1.29 is 14.2 Å². The lowest BCUT2D eigenvalue weighted by Gasteiger charge is -2.41. The summed E-state index contributed by atoms with van der Waals surface area (Å²) in [6, 6.07) is 21.7. The summed E-state index contributed by atoms with van der Waals surface area (Å²) in [5.74, 6) is -0.408. The van der Waals surface area contributed by atoms with Crippen molar-refractivity contribution in [1.29, 1.82) is 0 Å². The molecule has 0 amide bonds. The highest BCUT2D eigenvalue weighted by Crippen LogP contribution is 2.40. The van der Waals surface area contributed by atoms with Crippen molar-refractivity contribution in [2.24, 2.45) is 0 Å². The number of hydrogen-bond acceptors (Lipinski definition) is 9. The number of benzene rings is 3. The molecule has 7 rings (SSSR count). The van der Waals surface area contributed by atoms with Crippen LogP contribution in [0.2, 0.25) is 10.0 Å². The van der Waals surface area contributed by atoms with Crippen LogP contribution >= 0.6 is 23.2 Å². The van der Waals surface area contributed by atoms with Gasteiger partial charge in [0.1, 0.15) is 37.9 Å². The Bertz CT molecular complexity index is 1920. The zero-order valence-electron chi connectivity index (χ0n) is 28.1. The Hall–Kier alpha value is -4.36. The summed E-state index contributed by atoms with van der Waals surface area (Å²) in [6.07, 6.45) is 5.96. The number of anilines is 2. The van der Waals surface area contributed by atoms with Gasteiger partial charge in [0.2, 0.25) is 5.79 Å². The van der Waals surface area contributed by atoms with E-state index in [2.05, 4.69) is 49.2 Å². The van der Waals surface area contributed by atoms with Crippen molar-refractivity contribution in [3.05, 3.63) is 112 Å². The highest BCUT2D eigenvalue weighted by atomic mass is 35.5. The maximum absolute atomic E-state index is 12.8. The lowest BCUT2D eigenvalue weighted by Crippen LogP contribution is -2.47. The third-order valence-corrected chi connectivity index (χ3v) is 9.97. The predicted octanol–water partition coefficient (Wildman–Crippen LogP) is 5.97. The molecule has 4 heterocycles. The summed E-state index contributed by atoms with van der Waals surface area (Å²) in [6.45, 7) is 8.68. The molecule has 2 fully saturated rings. The maximum Gasteiger partial charge on any atom is 0.350 e. The summed E-state index contributed by atoms with van der Waals surface area (Å²) >= 11 is 12.8. The average Bonchev–Trinajstić information content (AvgIpc) is 3.80. The standard InChI is InChI=1S/C36H40Cl2N8O4/c1-3-26(2)46-35(47)45(25-41-46)30-7-5-28(6-8-30)42-15-17-43(18-16-42)29-9-11-31(12-10-29)48-21-32-14-19-49-36(50-32,22-44-24-39-23-40-44)33-13-4-27(37)20-34(33)38/h4-13,20,23-26,32H,3,14-19,21-22H2,1-2H3. The largest absolute Gasteiger partial charge is 0.491 e. The molecule has 0 bridgehead atoms. The zero-order chi connectivity index (χ0) is 34.7. The van der Waals surface area contributed by atoms with Crippen molar-refractivity contribution >= 4 is 34.6 Å². The molecule has 2 saturated heterocycles. The first-order valence-corrected chi connectivity index (χ1v) is 17.7. The fourth-order valence-electron chi connectivity index (χ4n) is 6.43. The Kier molecular flexibility index (Phi) is 10.1. The van der Waals surface area contributed by atoms with Crippen LogP contribution in [0.15, 0.2) is 90.5 Å². The molecule has 262 valence electrons. The van der Waals surface area contributed by atoms with Gasteiger partial charge < -0.3 is 24.0 Å². The van der Waals surface area contributed by atoms with Crippen LogP contribution in [0.3, 0.4) is 0 Å². The maximum atomic E-state index is 12.8. The monoisotopic (exact) mass is 718 g/mol. The van der Waals surface area contributed by atoms with Crippen molar-refractivity contribution in [3.63, 3.8) is 0 Å². The Morgan fingerprint density at radius 1 is 0.920 bits per heavy atom. The quantitative estimate of drug-likeness (QED) is 0.163. The number of nitrogens with zero attached hydrogens (tertiary/aromatic N) is 8. The molecule has 2 aliphatic rings. The highest BCUT2D eigenvalue weighted by Gasteiger charge is 2.43. The van der Waals surface area contributed by atoms with Crippen LogP contribution in [-0.4, -0.2) is 74.6 Å². The van der Waals surface area contributed by atoms with Gasteiger partial charge in [0.25, 0.3) is 0 Å². The Balaban J connectivity index is 0.937. The van der Waals surface area contributed by atoms with Gasteiger partial charge in [-0.15, -0.1) is 0 Å². The second-order valence-corrected chi connectivity index (χ2v) is 13.5. The summed E-state index contributed by atoms with van der Waals surface area (Å²) < 4.78 is 23.9. The van der Waals surface area contributed by atoms with E-state index < -0.39 is 5.79 Å². The number of aromatic nitrogens is 6. The zero-order valence-corrected chi connectivity index (χ0v) is 29.6. The summed E-state index contributed by atoms with van der Waals surface area (Å²) in [4.78, 5) is 21.6. The van der Waals surface area contributed by atoms with Gasteiger partial charge >= 0.3 is 5.69 Å². The molecule has 3 aromatic carbocycles. The molecule has 0 saturated carbocycles. The second-order valence-electron chi connectivity index (χ2n) is 12.6. The molecular weight excluding hydrogens is 679 g/mol. The topological polar surface area (TPSA) is 105 Å². The first-order chi connectivity index (χ1) is 24.3. The lowest BCUT2D eigenvalue weighted by molar-refractivity contribution is -0.313. The molecular formula is C36H40Cl2N8O4. The van der Waals surface area contributed by atoms with E-state index in [1.807, 2.05) is 44.2 Å². The third kappa shape index (κ3) is 7.25. The SMILES string of the molecule is CCC(C)n1ncn(-c2ccc(N3CCN(c4ccc(OCC5CCOC(Cn6cncn6)(c6ccc(Cl)cc6Cl)O5)cc4)CC3)cc2)c1=O. The normalized spacial score (nSPS) is 20.2. The fourth-order valence-corrected chi connectivity index (χ4v) is 6.98. The van der Waals surface area contributed by atoms with Crippen LogP contribution in [0.25, 0.3) is 5.69 Å². The van der Waals surface area contributed by atoms with E-state index in [4.69, 9.17) is 37.4 Å². The van der Waals surface area contributed by atoms with E-state index in [0.717, 1.165) is 55.4 Å². The average molecular weight is 720 g/mol. The van der Waals surface area contributed by atoms with Crippen LogP contribution in [-0.2, 0) is 21.8 Å². The van der Waals surface area contributed by atoms with Gasteiger partial charge in [-0.2, -0.15) is 10.2 Å². The lowest BCUT2D eigenvalue weighted by atomic mass is 10.0. The Labute approximate surface area is 300 Å². The molecule has 50 heavy (non-hydrogen) atoms. The van der Waals surface area contributed by atoms with Crippen molar-refractivity contribution in [1.82, 2.24) is 29.1 Å². The molecule has 2 aromatic heterocycles. The summed E-state index contributed by atoms with van der Waals surface area (Å²) in [5.41, 5.74) is 3.66. The van der Waals surface area contributed by atoms with Crippen molar-refractivity contribution in [3.8, 4) is 11.4 Å². The number of halogens is 2. The predicted molar refractivity (Wildman–Crippen MR) is 193 cm³/mol. The molecule has 14 heteroatoms. The molecule has 0 aliphatic carbocycles. The van der Waals surface area contributed by atoms with Gasteiger partial charge in [-0.3, -0.25) is 0 Å². The summed E-state index contributed by atoms with van der Waals surface area (Å²) in [5, 5.41) is 9.55. The minimum Gasteiger partial charge on any atom is -0.491 e. The van der Waals surface area contributed by atoms with Crippen LogP contribution in [0.4, 0.5) is 11.4 Å². The van der Waals surface area contributed by atoms with Gasteiger partial charge in [0, 0.05) is 54.6 Å². The van der Waals surface area contributed by atoms with Crippen LogP contribution in [0, 0.1) is 0 Å².